The summed E-state index contributed by atoms with van der Waals surface area (Å²) in [5, 5.41) is 9.31. The minimum Gasteiger partial charge on any atom is -0.394 e. The van der Waals surface area contributed by atoms with Gasteiger partial charge in [0.1, 0.15) is 0 Å². The number of nitrogens with two attached hydrogens (primary N) is 1. The molecule has 1 fully saturated rings. The highest BCUT2D eigenvalue weighted by Crippen LogP contribution is 2.30. The number of aliphatic hydroxyl groups is 1. The third-order valence-electron chi connectivity index (χ3n) is 3.97. The predicted molar refractivity (Wildman–Crippen MR) is 76.0 cm³/mol. The summed E-state index contributed by atoms with van der Waals surface area (Å²) < 4.78 is 0. The van der Waals surface area contributed by atoms with Crippen molar-refractivity contribution in [2.45, 2.75) is 38.1 Å². The molecule has 1 aromatic rings. The number of piperidine rings is 1. The largest absolute Gasteiger partial charge is 0.394 e. The lowest BCUT2D eigenvalue weighted by Crippen LogP contribution is -2.53. The summed E-state index contributed by atoms with van der Waals surface area (Å²) in [7, 11) is 0. The summed E-state index contributed by atoms with van der Waals surface area (Å²) in [6.45, 7) is 6.40. The molecule has 1 aliphatic heterocycles. The molecule has 3 nitrogen and oxygen atoms in total. The number of benzene rings is 1. The number of aliphatic hydroxyl groups excluding tert-OH is 1. The van der Waals surface area contributed by atoms with Gasteiger partial charge in [-0.2, -0.15) is 0 Å². The number of nitrogens with zero attached hydrogens (tertiary/aromatic N) is 1. The van der Waals surface area contributed by atoms with Crippen molar-refractivity contribution in [3.05, 3.63) is 29.8 Å². The van der Waals surface area contributed by atoms with E-state index in [1.807, 2.05) is 0 Å². The Morgan fingerprint density at radius 1 is 1.28 bits per heavy atom. The minimum atomic E-state index is -0.372. The molecule has 1 saturated heterocycles. The second-order valence-corrected chi connectivity index (χ2v) is 5.72. The van der Waals surface area contributed by atoms with Crippen LogP contribution in [0.3, 0.4) is 0 Å². The van der Waals surface area contributed by atoms with Gasteiger partial charge in [-0.3, -0.25) is 0 Å². The van der Waals surface area contributed by atoms with Crippen LogP contribution >= 0.6 is 0 Å². The third-order valence-corrected chi connectivity index (χ3v) is 3.97. The van der Waals surface area contributed by atoms with Crippen LogP contribution < -0.4 is 10.6 Å². The van der Waals surface area contributed by atoms with Gasteiger partial charge in [0.2, 0.25) is 0 Å². The van der Waals surface area contributed by atoms with E-state index in [4.69, 9.17) is 5.73 Å². The average Bonchev–Trinajstić information content (AvgIpc) is 2.39. The Labute approximate surface area is 110 Å². The molecule has 18 heavy (non-hydrogen) atoms. The Bertz CT molecular complexity index is 395. The standard InChI is InChI=1S/C15H24N2O/c1-12(2)13-5-3-4-6-14(13)17-9-7-15(16,11-18)8-10-17/h3-6,12,18H,7-11,16H2,1-2H3. The van der Waals surface area contributed by atoms with Crippen LogP contribution in [0.5, 0.6) is 0 Å². The molecule has 3 N–H and O–H groups in total. The summed E-state index contributed by atoms with van der Waals surface area (Å²) in [5.41, 5.74) is 8.47. The first kappa shape index (κ1) is 13.4. The quantitative estimate of drug-likeness (QED) is 0.861. The predicted octanol–water partition coefficient (Wildman–Crippen LogP) is 2.10. The Morgan fingerprint density at radius 3 is 2.44 bits per heavy atom. The summed E-state index contributed by atoms with van der Waals surface area (Å²) in [6, 6.07) is 8.59. The van der Waals surface area contributed by atoms with Crippen LogP contribution in [0.15, 0.2) is 24.3 Å². The Hall–Kier alpha value is -1.06. The third kappa shape index (κ3) is 2.68. The zero-order valence-electron chi connectivity index (χ0n) is 11.4. The normalized spacial score (nSPS) is 19.3. The van der Waals surface area contributed by atoms with E-state index in [2.05, 4.69) is 43.0 Å². The van der Waals surface area contributed by atoms with Crippen molar-refractivity contribution in [1.82, 2.24) is 0 Å². The lowest BCUT2D eigenvalue weighted by atomic mass is 9.88. The van der Waals surface area contributed by atoms with E-state index in [9.17, 15) is 5.11 Å². The maximum atomic E-state index is 9.31. The first-order valence-corrected chi connectivity index (χ1v) is 6.79. The fraction of sp³-hybridized carbons (Fsp3) is 0.600. The zero-order chi connectivity index (χ0) is 13.2. The molecule has 0 saturated carbocycles. The molecular formula is C15H24N2O. The molecule has 0 unspecified atom stereocenters. The van der Waals surface area contributed by atoms with Gasteiger partial charge in [-0.15, -0.1) is 0 Å². The Morgan fingerprint density at radius 2 is 1.89 bits per heavy atom. The van der Waals surface area contributed by atoms with Crippen molar-refractivity contribution in [1.29, 1.82) is 0 Å². The van der Waals surface area contributed by atoms with Crippen molar-refractivity contribution in [3.63, 3.8) is 0 Å². The topological polar surface area (TPSA) is 49.5 Å². The Balaban J connectivity index is 2.15. The minimum absolute atomic E-state index is 0.0899. The van der Waals surface area contributed by atoms with E-state index in [1.165, 1.54) is 11.3 Å². The molecule has 0 aromatic heterocycles. The van der Waals surface area contributed by atoms with E-state index in [0.717, 1.165) is 25.9 Å². The number of para-hydroxylation sites is 1. The van der Waals surface area contributed by atoms with Gasteiger partial charge < -0.3 is 15.7 Å². The molecular weight excluding hydrogens is 224 g/mol. The van der Waals surface area contributed by atoms with Crippen LogP contribution in [-0.4, -0.2) is 30.3 Å². The van der Waals surface area contributed by atoms with Gasteiger partial charge in [0, 0.05) is 24.3 Å². The van der Waals surface area contributed by atoms with Crippen LogP contribution in [0, 0.1) is 0 Å². The van der Waals surface area contributed by atoms with Crippen LogP contribution in [-0.2, 0) is 0 Å². The van der Waals surface area contributed by atoms with Crippen molar-refractivity contribution >= 4 is 5.69 Å². The molecule has 0 atom stereocenters. The van der Waals surface area contributed by atoms with Gasteiger partial charge in [0.25, 0.3) is 0 Å². The Kier molecular flexibility index (Phi) is 3.93. The fourth-order valence-corrected chi connectivity index (χ4v) is 2.61. The molecule has 1 heterocycles. The summed E-state index contributed by atoms with van der Waals surface area (Å²) >= 11 is 0. The van der Waals surface area contributed by atoms with Gasteiger partial charge >= 0.3 is 0 Å². The second-order valence-electron chi connectivity index (χ2n) is 5.72. The highest BCUT2D eigenvalue weighted by atomic mass is 16.3. The van der Waals surface area contributed by atoms with Gasteiger partial charge in [-0.1, -0.05) is 32.0 Å². The van der Waals surface area contributed by atoms with E-state index in [0.29, 0.717) is 5.92 Å². The fourth-order valence-electron chi connectivity index (χ4n) is 2.61. The van der Waals surface area contributed by atoms with Crippen molar-refractivity contribution < 1.29 is 5.11 Å². The van der Waals surface area contributed by atoms with Crippen molar-refractivity contribution in [2.24, 2.45) is 5.73 Å². The van der Waals surface area contributed by atoms with Crippen LogP contribution in [0.25, 0.3) is 0 Å². The zero-order valence-corrected chi connectivity index (χ0v) is 11.4. The van der Waals surface area contributed by atoms with Crippen LogP contribution in [0.4, 0.5) is 5.69 Å². The maximum Gasteiger partial charge on any atom is 0.0612 e. The second kappa shape index (κ2) is 5.29. The average molecular weight is 248 g/mol. The van der Waals surface area contributed by atoms with Crippen LogP contribution in [0.1, 0.15) is 38.2 Å². The highest BCUT2D eigenvalue weighted by Gasteiger charge is 2.30. The molecule has 0 aliphatic carbocycles. The molecule has 1 aliphatic rings. The summed E-state index contributed by atoms with van der Waals surface area (Å²) in [4.78, 5) is 2.40. The maximum absolute atomic E-state index is 9.31. The first-order valence-electron chi connectivity index (χ1n) is 6.79. The summed E-state index contributed by atoms with van der Waals surface area (Å²) in [5.74, 6) is 0.531. The SMILES string of the molecule is CC(C)c1ccccc1N1CCC(N)(CO)CC1. The molecule has 1 aromatic carbocycles. The lowest BCUT2D eigenvalue weighted by Gasteiger charge is -2.40. The van der Waals surface area contributed by atoms with Crippen LogP contribution in [0.2, 0.25) is 0 Å². The molecule has 0 bridgehead atoms. The van der Waals surface area contributed by atoms with Gasteiger partial charge in [-0.25, -0.2) is 0 Å². The number of hydrogen-bond donors (Lipinski definition) is 2. The number of anilines is 1. The monoisotopic (exact) mass is 248 g/mol. The molecule has 100 valence electrons. The van der Waals surface area contributed by atoms with E-state index in [1.54, 1.807) is 0 Å². The highest BCUT2D eigenvalue weighted by molar-refractivity contribution is 5.55. The molecule has 2 rings (SSSR count). The van der Waals surface area contributed by atoms with Crippen molar-refractivity contribution in [3.8, 4) is 0 Å². The lowest BCUT2D eigenvalue weighted by molar-refractivity contribution is 0.170. The smallest absolute Gasteiger partial charge is 0.0612 e. The van der Waals surface area contributed by atoms with Crippen molar-refractivity contribution in [2.75, 3.05) is 24.6 Å². The number of hydrogen-bond acceptors (Lipinski definition) is 3. The van der Waals surface area contributed by atoms with E-state index >= 15 is 0 Å². The molecule has 0 amide bonds. The number of rotatable bonds is 3. The molecule has 0 spiro atoms. The van der Waals surface area contributed by atoms with Gasteiger partial charge in [0.05, 0.1) is 6.61 Å². The summed E-state index contributed by atoms with van der Waals surface area (Å²) in [6.07, 6.45) is 1.71. The van der Waals surface area contributed by atoms with Gasteiger partial charge in [-0.05, 0) is 30.4 Å². The van der Waals surface area contributed by atoms with E-state index < -0.39 is 0 Å². The van der Waals surface area contributed by atoms with E-state index in [-0.39, 0.29) is 12.1 Å². The van der Waals surface area contributed by atoms with Gasteiger partial charge in [0.15, 0.2) is 0 Å². The molecule has 3 heteroatoms. The first-order chi connectivity index (χ1) is 8.56. The molecule has 0 radical (unpaired) electrons.